The average Bonchev–Trinajstić information content (AvgIpc) is 3.61. The summed E-state index contributed by atoms with van der Waals surface area (Å²) in [7, 11) is 0. The molecule has 0 aliphatic carbocycles. The first-order chi connectivity index (χ1) is 27.3. The standard InChI is InChI=1S/C52H35N3/c1-5-15-36(16-6-1)40-26-27-51-47(32-40)48-34-43(38-19-9-3-10-20-38)33-46(39-21-11-4-12-22-39)52(48)55(51)45-30-42(37-17-7-2-8-18-37)29-44(31-45)50-25-13-24-49(54-50)41-23-14-28-53-35-41/h1-35H. The van der Waals surface area contributed by atoms with Gasteiger partial charge in [0.2, 0.25) is 0 Å². The van der Waals surface area contributed by atoms with Gasteiger partial charge in [0.15, 0.2) is 0 Å². The van der Waals surface area contributed by atoms with Crippen LogP contribution in [0.3, 0.4) is 0 Å². The van der Waals surface area contributed by atoms with Crippen molar-refractivity contribution in [3.05, 3.63) is 213 Å². The lowest BCUT2D eigenvalue weighted by Gasteiger charge is -2.16. The molecule has 0 fully saturated rings. The molecule has 0 unspecified atom stereocenters. The van der Waals surface area contributed by atoms with E-state index < -0.39 is 0 Å². The van der Waals surface area contributed by atoms with Crippen LogP contribution in [0.2, 0.25) is 0 Å². The Morgan fingerprint density at radius 2 is 0.891 bits per heavy atom. The van der Waals surface area contributed by atoms with E-state index in [1.54, 1.807) is 6.20 Å². The van der Waals surface area contributed by atoms with Crippen molar-refractivity contribution in [2.45, 2.75) is 0 Å². The maximum Gasteiger partial charge on any atom is 0.0725 e. The largest absolute Gasteiger partial charge is 0.309 e. The second-order valence-corrected chi connectivity index (χ2v) is 13.9. The average molecular weight is 702 g/mol. The molecule has 0 radical (unpaired) electrons. The number of hydrogen-bond donors (Lipinski definition) is 0. The summed E-state index contributed by atoms with van der Waals surface area (Å²) in [5, 5.41) is 2.41. The summed E-state index contributed by atoms with van der Waals surface area (Å²) >= 11 is 0. The van der Waals surface area contributed by atoms with E-state index >= 15 is 0 Å². The van der Waals surface area contributed by atoms with E-state index in [1.165, 1.54) is 49.7 Å². The van der Waals surface area contributed by atoms with Gasteiger partial charge in [-0.3, -0.25) is 4.98 Å². The molecular formula is C52H35N3. The van der Waals surface area contributed by atoms with Crippen LogP contribution in [0.4, 0.5) is 0 Å². The minimum Gasteiger partial charge on any atom is -0.309 e. The van der Waals surface area contributed by atoms with Gasteiger partial charge >= 0.3 is 0 Å². The van der Waals surface area contributed by atoms with Crippen molar-refractivity contribution in [2.24, 2.45) is 0 Å². The van der Waals surface area contributed by atoms with Gasteiger partial charge < -0.3 is 4.57 Å². The predicted molar refractivity (Wildman–Crippen MR) is 229 cm³/mol. The van der Waals surface area contributed by atoms with E-state index in [2.05, 4.69) is 204 Å². The Hall–Kier alpha value is -7.36. The fourth-order valence-electron chi connectivity index (χ4n) is 7.82. The molecule has 0 spiro atoms. The summed E-state index contributed by atoms with van der Waals surface area (Å²) in [4.78, 5) is 9.57. The molecular weight excluding hydrogens is 667 g/mol. The molecule has 10 aromatic rings. The summed E-state index contributed by atoms with van der Waals surface area (Å²) in [6.07, 6.45) is 3.67. The molecule has 3 aromatic heterocycles. The molecule has 0 atom stereocenters. The van der Waals surface area contributed by atoms with Crippen molar-refractivity contribution >= 4 is 21.8 Å². The third kappa shape index (κ3) is 6.08. The monoisotopic (exact) mass is 701 g/mol. The number of aromatic nitrogens is 3. The second kappa shape index (κ2) is 13.9. The summed E-state index contributed by atoms with van der Waals surface area (Å²) in [5.41, 5.74) is 16.6. The zero-order chi connectivity index (χ0) is 36.6. The highest BCUT2D eigenvalue weighted by Gasteiger charge is 2.21. The van der Waals surface area contributed by atoms with Crippen LogP contribution in [-0.4, -0.2) is 14.5 Å². The van der Waals surface area contributed by atoms with Crippen LogP contribution in [-0.2, 0) is 0 Å². The minimum atomic E-state index is 0.891. The van der Waals surface area contributed by atoms with E-state index in [9.17, 15) is 0 Å². The van der Waals surface area contributed by atoms with E-state index in [4.69, 9.17) is 4.98 Å². The van der Waals surface area contributed by atoms with Crippen LogP contribution in [0.15, 0.2) is 213 Å². The Kier molecular flexibility index (Phi) is 8.16. The first-order valence-corrected chi connectivity index (χ1v) is 18.6. The number of rotatable bonds is 7. The van der Waals surface area contributed by atoms with Crippen molar-refractivity contribution < 1.29 is 0 Å². The van der Waals surface area contributed by atoms with E-state index in [0.29, 0.717) is 0 Å². The maximum absolute atomic E-state index is 5.20. The Morgan fingerprint density at radius 1 is 0.345 bits per heavy atom. The zero-order valence-corrected chi connectivity index (χ0v) is 30.0. The zero-order valence-electron chi connectivity index (χ0n) is 30.0. The third-order valence-corrected chi connectivity index (χ3v) is 10.4. The molecule has 10 rings (SSSR count). The number of benzene rings is 7. The molecule has 0 amide bonds. The molecule has 0 saturated heterocycles. The Morgan fingerprint density at radius 3 is 1.53 bits per heavy atom. The van der Waals surface area contributed by atoms with Gasteiger partial charge in [-0.25, -0.2) is 4.98 Å². The van der Waals surface area contributed by atoms with Gasteiger partial charge in [0, 0.05) is 45.5 Å². The number of hydrogen-bond acceptors (Lipinski definition) is 2. The van der Waals surface area contributed by atoms with Crippen LogP contribution >= 0.6 is 0 Å². The molecule has 0 N–H and O–H groups in total. The summed E-state index contributed by atoms with van der Waals surface area (Å²) in [6, 6.07) is 71.6. The summed E-state index contributed by atoms with van der Waals surface area (Å²) in [5.74, 6) is 0. The highest BCUT2D eigenvalue weighted by Crippen LogP contribution is 2.43. The highest BCUT2D eigenvalue weighted by molar-refractivity contribution is 6.16. The van der Waals surface area contributed by atoms with Crippen molar-refractivity contribution in [3.8, 4) is 72.7 Å². The Labute approximate surface area is 320 Å². The van der Waals surface area contributed by atoms with E-state index in [1.807, 2.05) is 12.3 Å². The molecule has 55 heavy (non-hydrogen) atoms. The summed E-state index contributed by atoms with van der Waals surface area (Å²) in [6.45, 7) is 0. The highest BCUT2D eigenvalue weighted by atomic mass is 15.0. The normalized spacial score (nSPS) is 11.3. The molecule has 3 heteroatoms. The molecule has 0 aliphatic rings. The maximum atomic E-state index is 5.20. The summed E-state index contributed by atoms with van der Waals surface area (Å²) < 4.78 is 2.47. The van der Waals surface area contributed by atoms with Gasteiger partial charge in [0.1, 0.15) is 0 Å². The van der Waals surface area contributed by atoms with Crippen LogP contribution in [0.25, 0.3) is 94.5 Å². The van der Waals surface area contributed by atoms with Gasteiger partial charge in [0.05, 0.1) is 22.4 Å². The molecule has 3 nitrogen and oxygen atoms in total. The number of pyridine rings is 2. The minimum absolute atomic E-state index is 0.891. The van der Waals surface area contributed by atoms with Gasteiger partial charge in [-0.05, 0) is 106 Å². The molecule has 7 aromatic carbocycles. The van der Waals surface area contributed by atoms with Crippen molar-refractivity contribution in [3.63, 3.8) is 0 Å². The van der Waals surface area contributed by atoms with Gasteiger partial charge in [-0.15, -0.1) is 0 Å². The van der Waals surface area contributed by atoms with E-state index in [-0.39, 0.29) is 0 Å². The van der Waals surface area contributed by atoms with Crippen LogP contribution in [0.1, 0.15) is 0 Å². The van der Waals surface area contributed by atoms with Crippen LogP contribution < -0.4 is 0 Å². The van der Waals surface area contributed by atoms with Gasteiger partial charge in [0.25, 0.3) is 0 Å². The first-order valence-electron chi connectivity index (χ1n) is 18.6. The SMILES string of the molecule is c1ccc(-c2cc(-c3cccc(-c4cccnc4)n3)cc(-n3c4ccc(-c5ccccc5)cc4c4cc(-c5ccccc5)cc(-c5ccccc5)c43)c2)cc1. The smallest absolute Gasteiger partial charge is 0.0725 e. The quantitative estimate of drug-likeness (QED) is 0.166. The lowest BCUT2D eigenvalue weighted by molar-refractivity contribution is 1.18. The predicted octanol–water partition coefficient (Wildman–Crippen LogP) is 13.6. The first kappa shape index (κ1) is 32.3. The molecule has 0 bridgehead atoms. The van der Waals surface area contributed by atoms with Gasteiger partial charge in [-0.1, -0.05) is 133 Å². The lowest BCUT2D eigenvalue weighted by Crippen LogP contribution is -1.98. The van der Waals surface area contributed by atoms with Gasteiger partial charge in [-0.2, -0.15) is 0 Å². The lowest BCUT2D eigenvalue weighted by atomic mass is 9.95. The number of fused-ring (bicyclic) bond motifs is 3. The second-order valence-electron chi connectivity index (χ2n) is 13.9. The van der Waals surface area contributed by atoms with Crippen molar-refractivity contribution in [2.75, 3.05) is 0 Å². The van der Waals surface area contributed by atoms with Crippen LogP contribution in [0.5, 0.6) is 0 Å². The van der Waals surface area contributed by atoms with Crippen LogP contribution in [0, 0.1) is 0 Å². The fourth-order valence-corrected chi connectivity index (χ4v) is 7.82. The molecule has 258 valence electrons. The Balaban J connectivity index is 1.30. The molecule has 0 saturated carbocycles. The topological polar surface area (TPSA) is 30.7 Å². The van der Waals surface area contributed by atoms with Crippen molar-refractivity contribution in [1.82, 2.24) is 14.5 Å². The third-order valence-electron chi connectivity index (χ3n) is 10.4. The van der Waals surface area contributed by atoms with E-state index in [0.717, 1.165) is 44.8 Å². The Bertz CT molecular complexity index is 2940. The fraction of sp³-hybridized carbons (Fsp3) is 0. The molecule has 3 heterocycles. The van der Waals surface area contributed by atoms with Crippen molar-refractivity contribution in [1.29, 1.82) is 0 Å². The molecule has 0 aliphatic heterocycles. The number of nitrogens with zero attached hydrogens (tertiary/aromatic N) is 3.